The summed E-state index contributed by atoms with van der Waals surface area (Å²) in [5.41, 5.74) is 1.44. The Hall–Kier alpha value is -0.570. The minimum atomic E-state index is 0.136. The predicted octanol–water partition coefficient (Wildman–Crippen LogP) is 4.84. The fraction of sp³-hybridized carbons (Fsp3) is 0.786. The second-order valence-corrected chi connectivity index (χ2v) is 6.58. The third-order valence-electron chi connectivity index (χ3n) is 3.46. The zero-order chi connectivity index (χ0) is 13.2. The van der Waals surface area contributed by atoms with Gasteiger partial charge in [0.2, 0.25) is 0 Å². The van der Waals surface area contributed by atoms with Gasteiger partial charge in [-0.15, -0.1) is 0 Å². The van der Waals surface area contributed by atoms with Gasteiger partial charge in [0.15, 0.2) is 4.77 Å². The van der Waals surface area contributed by atoms with Crippen LogP contribution in [0.3, 0.4) is 0 Å². The molecule has 0 amide bonds. The molecule has 2 atom stereocenters. The highest BCUT2D eigenvalue weighted by Gasteiger charge is 2.22. The number of nitrogens with zero attached hydrogens (tertiary/aromatic N) is 1. The van der Waals surface area contributed by atoms with Crippen LogP contribution in [0.4, 0.5) is 0 Å². The Morgan fingerprint density at radius 1 is 1.35 bits per heavy atom. The van der Waals surface area contributed by atoms with Crippen molar-refractivity contribution in [2.75, 3.05) is 0 Å². The predicted molar refractivity (Wildman–Crippen MR) is 77.1 cm³/mol. The van der Waals surface area contributed by atoms with Crippen LogP contribution in [-0.4, -0.2) is 9.55 Å². The number of H-pyrrole nitrogens is 1. The van der Waals surface area contributed by atoms with Crippen LogP contribution >= 0.6 is 12.2 Å². The maximum Gasteiger partial charge on any atom is 0.177 e. The van der Waals surface area contributed by atoms with Gasteiger partial charge in [-0.25, -0.2) is 0 Å². The topological polar surface area (TPSA) is 20.7 Å². The van der Waals surface area contributed by atoms with Crippen molar-refractivity contribution in [3.05, 3.63) is 16.7 Å². The molecular weight excluding hydrogens is 228 g/mol. The molecular formula is C14H26N2S. The summed E-state index contributed by atoms with van der Waals surface area (Å²) >= 11 is 5.41. The quantitative estimate of drug-likeness (QED) is 0.762. The maximum atomic E-state index is 5.41. The van der Waals surface area contributed by atoms with Crippen LogP contribution in [-0.2, 0) is 5.41 Å². The van der Waals surface area contributed by atoms with Gasteiger partial charge in [-0.3, -0.25) is 0 Å². The molecule has 0 saturated carbocycles. The van der Waals surface area contributed by atoms with E-state index in [4.69, 9.17) is 12.2 Å². The normalized spacial score (nSPS) is 15.9. The van der Waals surface area contributed by atoms with Gasteiger partial charge >= 0.3 is 0 Å². The lowest BCUT2D eigenvalue weighted by molar-refractivity contribution is 0.373. The van der Waals surface area contributed by atoms with Crippen molar-refractivity contribution < 1.29 is 0 Å². The molecule has 0 aliphatic carbocycles. The molecule has 1 aromatic heterocycles. The van der Waals surface area contributed by atoms with Crippen molar-refractivity contribution >= 4 is 12.2 Å². The van der Waals surface area contributed by atoms with Gasteiger partial charge in [-0.2, -0.15) is 0 Å². The first kappa shape index (κ1) is 14.5. The van der Waals surface area contributed by atoms with E-state index in [1.165, 1.54) is 18.5 Å². The van der Waals surface area contributed by atoms with Crippen LogP contribution in [0.15, 0.2) is 6.20 Å². The Kier molecular flexibility index (Phi) is 4.59. The molecule has 0 aromatic carbocycles. The molecule has 1 aromatic rings. The lowest BCUT2D eigenvalue weighted by Gasteiger charge is -2.26. The second kappa shape index (κ2) is 5.38. The van der Waals surface area contributed by atoms with Crippen LogP contribution < -0.4 is 0 Å². The smallest absolute Gasteiger partial charge is 0.177 e. The van der Waals surface area contributed by atoms with Gasteiger partial charge in [-0.1, -0.05) is 41.0 Å². The highest BCUT2D eigenvalue weighted by molar-refractivity contribution is 7.71. The first-order valence-corrected chi connectivity index (χ1v) is 6.98. The summed E-state index contributed by atoms with van der Waals surface area (Å²) in [4.78, 5) is 3.19. The van der Waals surface area contributed by atoms with Crippen molar-refractivity contribution in [3.63, 3.8) is 0 Å². The van der Waals surface area contributed by atoms with E-state index in [9.17, 15) is 0 Å². The summed E-state index contributed by atoms with van der Waals surface area (Å²) in [5, 5.41) is 0. The third-order valence-corrected chi connectivity index (χ3v) is 3.77. The van der Waals surface area contributed by atoms with E-state index in [-0.39, 0.29) is 5.41 Å². The number of imidazole rings is 1. The highest BCUT2D eigenvalue weighted by Crippen LogP contribution is 2.28. The van der Waals surface area contributed by atoms with Crippen LogP contribution in [0.2, 0.25) is 0 Å². The Morgan fingerprint density at radius 2 is 1.94 bits per heavy atom. The molecule has 98 valence electrons. The fourth-order valence-electron chi connectivity index (χ4n) is 2.25. The number of nitrogens with one attached hydrogen (secondary N) is 1. The molecule has 2 nitrogen and oxygen atoms in total. The number of hydrogen-bond donors (Lipinski definition) is 1. The number of rotatable bonds is 4. The Balaban J connectivity index is 3.05. The molecule has 0 saturated heterocycles. The van der Waals surface area contributed by atoms with Crippen molar-refractivity contribution in [2.45, 2.75) is 65.8 Å². The van der Waals surface area contributed by atoms with Gasteiger partial charge in [0.1, 0.15) is 0 Å². The molecule has 1 N–H and O–H groups in total. The number of aromatic amines is 1. The van der Waals surface area contributed by atoms with Crippen LogP contribution in [0.25, 0.3) is 0 Å². The molecule has 3 heteroatoms. The fourth-order valence-corrected chi connectivity index (χ4v) is 2.59. The van der Waals surface area contributed by atoms with E-state index in [1.807, 2.05) is 0 Å². The molecule has 0 spiro atoms. The molecule has 0 aliphatic rings. The molecule has 0 radical (unpaired) electrons. The third kappa shape index (κ3) is 3.44. The SMILES string of the molecule is CCC(C)CC(C)n1c(C(C)(C)C)c[nH]c1=S. The zero-order valence-corrected chi connectivity index (χ0v) is 12.8. The van der Waals surface area contributed by atoms with Crippen molar-refractivity contribution in [3.8, 4) is 0 Å². The van der Waals surface area contributed by atoms with Crippen molar-refractivity contribution in [2.24, 2.45) is 5.92 Å². The molecule has 17 heavy (non-hydrogen) atoms. The van der Waals surface area contributed by atoms with E-state index in [0.29, 0.717) is 6.04 Å². The average molecular weight is 254 g/mol. The van der Waals surface area contributed by atoms with Gasteiger partial charge in [0, 0.05) is 23.3 Å². The second-order valence-electron chi connectivity index (χ2n) is 6.20. The van der Waals surface area contributed by atoms with Crippen LogP contribution in [0.5, 0.6) is 0 Å². The highest BCUT2D eigenvalue weighted by atomic mass is 32.1. The average Bonchev–Trinajstić information content (AvgIpc) is 2.59. The summed E-state index contributed by atoms with van der Waals surface area (Å²) in [7, 11) is 0. The molecule has 0 aliphatic heterocycles. The maximum absolute atomic E-state index is 5.41. The van der Waals surface area contributed by atoms with E-state index in [2.05, 4.69) is 57.3 Å². The Bertz CT molecular complexity index is 409. The van der Waals surface area contributed by atoms with E-state index in [1.54, 1.807) is 0 Å². The minimum Gasteiger partial charge on any atom is -0.337 e. The number of hydrogen-bond acceptors (Lipinski definition) is 1. The van der Waals surface area contributed by atoms with Crippen molar-refractivity contribution in [1.29, 1.82) is 0 Å². The molecule has 2 unspecified atom stereocenters. The monoisotopic (exact) mass is 254 g/mol. The first-order valence-electron chi connectivity index (χ1n) is 6.57. The van der Waals surface area contributed by atoms with Crippen molar-refractivity contribution in [1.82, 2.24) is 9.55 Å². The summed E-state index contributed by atoms with van der Waals surface area (Å²) < 4.78 is 3.15. The molecule has 1 heterocycles. The Morgan fingerprint density at radius 3 is 2.41 bits per heavy atom. The van der Waals surface area contributed by atoms with E-state index < -0.39 is 0 Å². The van der Waals surface area contributed by atoms with Gasteiger partial charge in [0.05, 0.1) is 0 Å². The van der Waals surface area contributed by atoms with Gasteiger partial charge in [0.25, 0.3) is 0 Å². The standard InChI is InChI=1S/C14H26N2S/c1-7-10(2)8-11(3)16-12(14(4,5)6)9-15-13(16)17/h9-11H,7-8H2,1-6H3,(H,15,17). The summed E-state index contributed by atoms with van der Waals surface area (Å²) in [5.74, 6) is 0.745. The number of aromatic nitrogens is 2. The van der Waals surface area contributed by atoms with E-state index >= 15 is 0 Å². The summed E-state index contributed by atoms with van der Waals surface area (Å²) in [6.45, 7) is 13.5. The summed E-state index contributed by atoms with van der Waals surface area (Å²) in [6, 6.07) is 0.470. The largest absolute Gasteiger partial charge is 0.337 e. The lowest BCUT2D eigenvalue weighted by atomic mass is 9.91. The zero-order valence-electron chi connectivity index (χ0n) is 12.0. The molecule has 0 bridgehead atoms. The first-order chi connectivity index (χ1) is 7.77. The lowest BCUT2D eigenvalue weighted by Crippen LogP contribution is -2.21. The molecule has 1 rings (SSSR count). The minimum absolute atomic E-state index is 0.136. The van der Waals surface area contributed by atoms with Crippen LogP contribution in [0, 0.1) is 10.7 Å². The van der Waals surface area contributed by atoms with Gasteiger partial charge < -0.3 is 9.55 Å². The van der Waals surface area contributed by atoms with E-state index in [0.717, 1.165) is 10.7 Å². The van der Waals surface area contributed by atoms with Gasteiger partial charge in [-0.05, 0) is 31.5 Å². The molecule has 0 fully saturated rings. The van der Waals surface area contributed by atoms with Crippen LogP contribution in [0.1, 0.15) is 66.1 Å². The summed E-state index contributed by atoms with van der Waals surface area (Å²) in [6.07, 6.45) is 4.48. The Labute approximate surface area is 110 Å².